The first-order valence-electron chi connectivity index (χ1n) is 4.62. The van der Waals surface area contributed by atoms with Gasteiger partial charge in [0.2, 0.25) is 0 Å². The van der Waals surface area contributed by atoms with Crippen LogP contribution in [-0.2, 0) is 0 Å². The minimum atomic E-state index is -1.45. The fourth-order valence-electron chi connectivity index (χ4n) is 1.13. The van der Waals surface area contributed by atoms with Crippen molar-refractivity contribution >= 4 is 12.8 Å². The van der Waals surface area contributed by atoms with E-state index in [9.17, 15) is 0 Å². The zero-order chi connectivity index (χ0) is 10.4. The second kappa shape index (κ2) is 5.47. The normalized spacial score (nSPS) is 11.2. The highest BCUT2D eigenvalue weighted by atomic mass is 16.4. The van der Waals surface area contributed by atoms with Crippen LogP contribution < -0.4 is 5.32 Å². The summed E-state index contributed by atoms with van der Waals surface area (Å²) in [6.45, 7) is 1.94. The number of para-hydroxylation sites is 1. The Labute approximate surface area is 84.2 Å². The summed E-state index contributed by atoms with van der Waals surface area (Å²) in [5.41, 5.74) is 1.26. The van der Waals surface area contributed by atoms with Crippen LogP contribution >= 0.6 is 0 Å². The van der Waals surface area contributed by atoms with Crippen LogP contribution in [0.5, 0.6) is 0 Å². The minimum Gasteiger partial charge on any atom is -0.422 e. The zero-order valence-corrected chi connectivity index (χ0v) is 8.14. The summed E-state index contributed by atoms with van der Waals surface area (Å²) in [5.74, 6) is 0. The average Bonchev–Trinajstić information content (AvgIpc) is 2.18. The third-order valence-corrected chi connectivity index (χ3v) is 1.76. The number of hydrogen-bond donors (Lipinski definition) is 3. The van der Waals surface area contributed by atoms with Gasteiger partial charge in [0.15, 0.2) is 0 Å². The predicted octanol–water partition coefficient (Wildman–Crippen LogP) is 1.40. The lowest BCUT2D eigenvalue weighted by Crippen LogP contribution is -2.21. The number of anilines is 1. The molecule has 3 nitrogen and oxygen atoms in total. The van der Waals surface area contributed by atoms with Crippen molar-refractivity contribution in [1.82, 2.24) is 0 Å². The molecular formula is C10H14BNO2. The van der Waals surface area contributed by atoms with Crippen molar-refractivity contribution in [3.05, 3.63) is 42.0 Å². The molecule has 0 amide bonds. The van der Waals surface area contributed by atoms with Gasteiger partial charge in [-0.2, -0.15) is 0 Å². The number of benzene rings is 1. The van der Waals surface area contributed by atoms with Crippen LogP contribution in [0.15, 0.2) is 42.0 Å². The SMILES string of the molecule is CC/C=C(\Nc1ccccc1)B(O)O. The largest absolute Gasteiger partial charge is 0.505 e. The second-order valence-corrected chi connectivity index (χ2v) is 2.93. The van der Waals surface area contributed by atoms with Gasteiger partial charge in [0, 0.05) is 11.3 Å². The molecule has 1 aromatic carbocycles. The molecule has 0 fully saturated rings. The van der Waals surface area contributed by atoms with Gasteiger partial charge in [0.05, 0.1) is 0 Å². The molecule has 0 aliphatic carbocycles. The van der Waals surface area contributed by atoms with Crippen molar-refractivity contribution in [2.75, 3.05) is 5.32 Å². The standard InChI is InChI=1S/C10H14BNO2/c1-2-6-10(11(13)14)12-9-7-4-3-5-8-9/h3-8,12-14H,2H2,1H3/b10-6-. The lowest BCUT2D eigenvalue weighted by molar-refractivity contribution is 0.419. The Morgan fingerprint density at radius 2 is 2.00 bits per heavy atom. The maximum absolute atomic E-state index is 9.03. The highest BCUT2D eigenvalue weighted by molar-refractivity contribution is 6.51. The van der Waals surface area contributed by atoms with Crippen LogP contribution in [0.3, 0.4) is 0 Å². The van der Waals surface area contributed by atoms with E-state index in [2.05, 4.69) is 5.32 Å². The Morgan fingerprint density at radius 3 is 2.50 bits per heavy atom. The molecule has 0 unspecified atom stereocenters. The highest BCUT2D eigenvalue weighted by Gasteiger charge is 2.13. The molecule has 0 aliphatic rings. The number of allylic oxidation sites excluding steroid dienone is 1. The molecular weight excluding hydrogens is 177 g/mol. The van der Waals surface area contributed by atoms with Crippen LogP contribution in [0.1, 0.15) is 13.3 Å². The smallest absolute Gasteiger partial charge is 0.422 e. The third-order valence-electron chi connectivity index (χ3n) is 1.76. The summed E-state index contributed by atoms with van der Waals surface area (Å²) in [7, 11) is -1.45. The zero-order valence-electron chi connectivity index (χ0n) is 8.14. The Bertz CT molecular complexity index is 298. The minimum absolute atomic E-state index is 0.415. The monoisotopic (exact) mass is 191 g/mol. The topological polar surface area (TPSA) is 52.5 Å². The van der Waals surface area contributed by atoms with Gasteiger partial charge < -0.3 is 15.4 Å². The van der Waals surface area contributed by atoms with Gasteiger partial charge in [0.1, 0.15) is 0 Å². The maximum Gasteiger partial charge on any atom is 0.505 e. The molecule has 0 bridgehead atoms. The number of nitrogens with one attached hydrogen (secondary N) is 1. The highest BCUT2D eigenvalue weighted by Crippen LogP contribution is 2.09. The summed E-state index contributed by atoms with van der Waals surface area (Å²) in [6, 6.07) is 9.41. The molecule has 0 spiro atoms. The van der Waals surface area contributed by atoms with Crippen LogP contribution in [0.2, 0.25) is 0 Å². The van der Waals surface area contributed by atoms with Crippen molar-refractivity contribution in [1.29, 1.82) is 0 Å². The summed E-state index contributed by atoms with van der Waals surface area (Å²) < 4.78 is 0. The van der Waals surface area contributed by atoms with Gasteiger partial charge in [-0.1, -0.05) is 31.2 Å². The van der Waals surface area contributed by atoms with Gasteiger partial charge in [-0.25, -0.2) is 0 Å². The second-order valence-electron chi connectivity index (χ2n) is 2.93. The van der Waals surface area contributed by atoms with Crippen LogP contribution in [-0.4, -0.2) is 17.2 Å². The van der Waals surface area contributed by atoms with E-state index in [1.807, 2.05) is 37.3 Å². The molecule has 0 heterocycles. The molecule has 0 aromatic heterocycles. The van der Waals surface area contributed by atoms with Crippen LogP contribution in [0.4, 0.5) is 5.69 Å². The van der Waals surface area contributed by atoms with Gasteiger partial charge in [-0.3, -0.25) is 0 Å². The Balaban J connectivity index is 2.70. The summed E-state index contributed by atoms with van der Waals surface area (Å²) in [4.78, 5) is 0. The molecule has 0 saturated carbocycles. The first-order valence-corrected chi connectivity index (χ1v) is 4.62. The third kappa shape index (κ3) is 3.24. The van der Waals surface area contributed by atoms with Crippen molar-refractivity contribution in [3.8, 4) is 0 Å². The predicted molar refractivity (Wildman–Crippen MR) is 58.6 cm³/mol. The van der Waals surface area contributed by atoms with Gasteiger partial charge in [0.25, 0.3) is 0 Å². The average molecular weight is 191 g/mol. The molecule has 4 heteroatoms. The maximum atomic E-state index is 9.03. The van der Waals surface area contributed by atoms with Crippen LogP contribution in [0, 0.1) is 0 Å². The molecule has 0 aliphatic heterocycles. The van der Waals surface area contributed by atoms with Gasteiger partial charge in [-0.05, 0) is 18.6 Å². The van der Waals surface area contributed by atoms with Crippen molar-refractivity contribution in [2.24, 2.45) is 0 Å². The molecule has 0 saturated heterocycles. The number of rotatable bonds is 4. The molecule has 3 N–H and O–H groups in total. The summed E-state index contributed by atoms with van der Waals surface area (Å²) in [6.07, 6.45) is 2.50. The van der Waals surface area contributed by atoms with Crippen molar-refractivity contribution in [2.45, 2.75) is 13.3 Å². The van der Waals surface area contributed by atoms with E-state index >= 15 is 0 Å². The van der Waals surface area contributed by atoms with E-state index in [1.54, 1.807) is 6.08 Å². The summed E-state index contributed by atoms with van der Waals surface area (Å²) >= 11 is 0. The Morgan fingerprint density at radius 1 is 1.36 bits per heavy atom. The van der Waals surface area contributed by atoms with E-state index in [0.717, 1.165) is 12.1 Å². The van der Waals surface area contributed by atoms with Crippen molar-refractivity contribution in [3.63, 3.8) is 0 Å². The Hall–Kier alpha value is -1.26. The van der Waals surface area contributed by atoms with E-state index in [4.69, 9.17) is 10.0 Å². The lowest BCUT2D eigenvalue weighted by Gasteiger charge is -2.09. The first kappa shape index (κ1) is 10.8. The van der Waals surface area contributed by atoms with E-state index in [1.165, 1.54) is 0 Å². The fourth-order valence-corrected chi connectivity index (χ4v) is 1.13. The quantitative estimate of drug-likeness (QED) is 0.630. The molecule has 1 rings (SSSR count). The molecule has 0 radical (unpaired) electrons. The fraction of sp³-hybridized carbons (Fsp3) is 0.200. The van der Waals surface area contributed by atoms with Crippen LogP contribution in [0.25, 0.3) is 0 Å². The van der Waals surface area contributed by atoms with E-state index in [-0.39, 0.29) is 0 Å². The summed E-state index contributed by atoms with van der Waals surface area (Å²) in [5, 5.41) is 21.0. The molecule has 14 heavy (non-hydrogen) atoms. The van der Waals surface area contributed by atoms with E-state index < -0.39 is 7.12 Å². The number of hydrogen-bond acceptors (Lipinski definition) is 3. The lowest BCUT2D eigenvalue weighted by atomic mass is 9.85. The molecule has 74 valence electrons. The van der Waals surface area contributed by atoms with Gasteiger partial charge in [-0.15, -0.1) is 0 Å². The Kier molecular flexibility index (Phi) is 4.23. The van der Waals surface area contributed by atoms with E-state index in [0.29, 0.717) is 5.60 Å². The van der Waals surface area contributed by atoms with Gasteiger partial charge >= 0.3 is 7.12 Å². The van der Waals surface area contributed by atoms with Crippen molar-refractivity contribution < 1.29 is 10.0 Å². The molecule has 0 atom stereocenters. The molecule has 1 aromatic rings. The first-order chi connectivity index (χ1) is 6.74.